The molecule has 0 aliphatic heterocycles. The van der Waals surface area contributed by atoms with Crippen LogP contribution in [-0.4, -0.2) is 22.1 Å². The summed E-state index contributed by atoms with van der Waals surface area (Å²) in [4.78, 5) is 25.2. The molecule has 6 nitrogen and oxygen atoms in total. The average molecular weight is 403 g/mol. The minimum Gasteiger partial charge on any atom is -0.494 e. The van der Waals surface area contributed by atoms with Crippen molar-refractivity contribution in [3.05, 3.63) is 55.8 Å². The number of hydrogen-bond donors (Lipinski definition) is 1. The molecule has 0 unspecified atom stereocenters. The monoisotopic (exact) mass is 402 g/mol. The first-order chi connectivity index (χ1) is 13.3. The summed E-state index contributed by atoms with van der Waals surface area (Å²) in [6, 6.07) is 6.86. The van der Waals surface area contributed by atoms with Gasteiger partial charge < -0.3 is 9.84 Å². The van der Waals surface area contributed by atoms with Crippen LogP contribution in [-0.2, 0) is 6.54 Å². The molecule has 1 aromatic carbocycles. The van der Waals surface area contributed by atoms with Crippen LogP contribution in [0, 0.1) is 25.2 Å². The molecule has 0 radical (unpaired) electrons. The first-order valence-corrected chi connectivity index (χ1v) is 9.48. The second-order valence-electron chi connectivity index (χ2n) is 6.60. The Morgan fingerprint density at radius 3 is 2.64 bits per heavy atom. The number of aromatic nitrogens is 1. The number of aryl methyl sites for hydroxylation is 1. The molecule has 0 atom stereocenters. The third-order valence-corrected chi connectivity index (χ3v) is 4.99. The Bertz CT molecular complexity index is 989. The highest BCUT2D eigenvalue weighted by Gasteiger charge is 2.24. The van der Waals surface area contributed by atoms with Crippen LogP contribution >= 0.6 is 11.6 Å². The summed E-state index contributed by atoms with van der Waals surface area (Å²) in [5.41, 5.74) is 0.192. The molecule has 2 rings (SSSR count). The molecule has 0 aliphatic rings. The fraction of sp³-hybridized carbons (Fsp3) is 0.381. The lowest BCUT2D eigenvalue weighted by Gasteiger charge is -2.16. The summed E-state index contributed by atoms with van der Waals surface area (Å²) >= 11 is 5.98. The average Bonchev–Trinajstić information content (AvgIpc) is 2.66. The number of benzene rings is 1. The highest BCUT2D eigenvalue weighted by atomic mass is 35.5. The zero-order valence-electron chi connectivity index (χ0n) is 16.2. The van der Waals surface area contributed by atoms with Gasteiger partial charge in [-0.3, -0.25) is 14.2 Å². The largest absolute Gasteiger partial charge is 0.494 e. The van der Waals surface area contributed by atoms with Gasteiger partial charge in [0.25, 0.3) is 5.56 Å². The van der Waals surface area contributed by atoms with Gasteiger partial charge in [0.1, 0.15) is 17.4 Å². The first kappa shape index (κ1) is 21.5. The topological polar surface area (TPSA) is 92.3 Å². The van der Waals surface area contributed by atoms with Crippen molar-refractivity contribution in [2.45, 2.75) is 46.6 Å². The number of pyridine rings is 1. The Balaban J connectivity index is 2.35. The van der Waals surface area contributed by atoms with Crippen LogP contribution < -0.4 is 10.3 Å². The summed E-state index contributed by atoms with van der Waals surface area (Å²) in [6.07, 6.45) is 2.46. The molecule has 0 spiro atoms. The zero-order valence-corrected chi connectivity index (χ0v) is 17.0. The minimum absolute atomic E-state index is 0.0571. The predicted octanol–water partition coefficient (Wildman–Crippen LogP) is 4.15. The van der Waals surface area contributed by atoms with Crippen molar-refractivity contribution in [2.75, 3.05) is 6.61 Å². The van der Waals surface area contributed by atoms with E-state index < -0.39 is 17.2 Å². The van der Waals surface area contributed by atoms with Gasteiger partial charge in [-0.2, -0.15) is 5.26 Å². The van der Waals surface area contributed by atoms with Crippen molar-refractivity contribution < 1.29 is 14.6 Å². The van der Waals surface area contributed by atoms with Gasteiger partial charge in [-0.1, -0.05) is 31.4 Å². The van der Waals surface area contributed by atoms with E-state index in [2.05, 4.69) is 0 Å². The summed E-state index contributed by atoms with van der Waals surface area (Å²) in [5.74, 6) is -0.467. The number of hydrogen-bond acceptors (Lipinski definition) is 5. The van der Waals surface area contributed by atoms with Crippen LogP contribution in [0.4, 0.5) is 0 Å². The number of nitriles is 1. The van der Waals surface area contributed by atoms with Gasteiger partial charge >= 0.3 is 0 Å². The van der Waals surface area contributed by atoms with Gasteiger partial charge in [0, 0.05) is 11.6 Å². The number of rotatable bonds is 8. The Hall–Kier alpha value is -2.78. The molecule has 0 saturated carbocycles. The number of aromatic hydroxyl groups is 1. The van der Waals surface area contributed by atoms with Crippen molar-refractivity contribution >= 4 is 17.4 Å². The maximum absolute atomic E-state index is 12.7. The molecular formula is C21H23ClN2O4. The molecule has 1 heterocycles. The number of nitrogens with zero attached hydrogens (tertiary/aromatic N) is 2. The second-order valence-corrected chi connectivity index (χ2v) is 7.00. The smallest absolute Gasteiger partial charge is 0.271 e. The molecule has 1 N–H and O–H groups in total. The van der Waals surface area contributed by atoms with Gasteiger partial charge in [-0.05, 0) is 49.6 Å². The molecule has 0 amide bonds. The number of carbonyl (C=O) groups excluding carboxylic acids is 1. The van der Waals surface area contributed by atoms with E-state index in [1.807, 2.05) is 19.9 Å². The van der Waals surface area contributed by atoms with E-state index in [1.165, 1.54) is 6.92 Å². The molecule has 28 heavy (non-hydrogen) atoms. The molecule has 0 bridgehead atoms. The Labute approximate surface area is 168 Å². The summed E-state index contributed by atoms with van der Waals surface area (Å²) < 4.78 is 6.62. The van der Waals surface area contributed by atoms with Gasteiger partial charge in [-0.15, -0.1) is 0 Å². The fourth-order valence-corrected chi connectivity index (χ4v) is 3.06. The van der Waals surface area contributed by atoms with Gasteiger partial charge in [0.05, 0.1) is 5.56 Å². The maximum Gasteiger partial charge on any atom is 0.271 e. The maximum atomic E-state index is 12.7. The normalized spacial score (nSPS) is 10.5. The first-order valence-electron chi connectivity index (χ1n) is 9.10. The number of Topliss-reactive ketones (excluding diaryl/α,β-unsaturated/α-hetero) is 1. The molecule has 148 valence electrons. The number of ether oxygens (including phenoxy) is 1. The van der Waals surface area contributed by atoms with Crippen LogP contribution in [0.15, 0.2) is 23.0 Å². The molecule has 7 heteroatoms. The summed E-state index contributed by atoms with van der Waals surface area (Å²) in [7, 11) is 0. The number of unbranched alkanes of at least 4 members (excludes halogenated alkanes) is 2. The number of ketones is 1. The Morgan fingerprint density at radius 2 is 2.04 bits per heavy atom. The van der Waals surface area contributed by atoms with Crippen LogP contribution in [0.5, 0.6) is 11.6 Å². The van der Waals surface area contributed by atoms with Gasteiger partial charge in [0.15, 0.2) is 6.61 Å². The highest BCUT2D eigenvalue weighted by Crippen LogP contribution is 2.24. The van der Waals surface area contributed by atoms with Gasteiger partial charge in [0.2, 0.25) is 11.7 Å². The van der Waals surface area contributed by atoms with Crippen molar-refractivity contribution in [1.29, 1.82) is 5.26 Å². The molecule has 0 aliphatic carbocycles. The standard InChI is InChI=1S/C21H23ClN2O4/c1-4-5-6-9-24-20(26)16(11-23)14(3)19(21(24)27)18(25)12-28-15-7-8-17(22)13(2)10-15/h7-8,10,27H,4-6,9,12H2,1-3H3. The summed E-state index contributed by atoms with van der Waals surface area (Å²) in [6.45, 7) is 5.22. The second kappa shape index (κ2) is 9.43. The van der Waals surface area contributed by atoms with Crippen LogP contribution in [0.25, 0.3) is 0 Å². The number of halogens is 1. The molecule has 2 aromatic rings. The lowest BCUT2D eigenvalue weighted by molar-refractivity contribution is 0.0916. The lowest BCUT2D eigenvalue weighted by Crippen LogP contribution is -2.27. The van der Waals surface area contributed by atoms with Crippen molar-refractivity contribution in [3.8, 4) is 17.7 Å². The molecule has 0 saturated heterocycles. The van der Waals surface area contributed by atoms with Crippen molar-refractivity contribution in [1.82, 2.24) is 4.57 Å². The van der Waals surface area contributed by atoms with Crippen LogP contribution in [0.2, 0.25) is 5.02 Å². The van der Waals surface area contributed by atoms with E-state index >= 15 is 0 Å². The van der Waals surface area contributed by atoms with E-state index in [-0.39, 0.29) is 29.8 Å². The molecule has 1 aromatic heterocycles. The minimum atomic E-state index is -0.584. The van der Waals surface area contributed by atoms with E-state index in [0.29, 0.717) is 17.2 Å². The number of carbonyl (C=O) groups is 1. The Morgan fingerprint density at radius 1 is 1.32 bits per heavy atom. The van der Waals surface area contributed by atoms with Crippen LogP contribution in [0.1, 0.15) is 53.2 Å². The SMILES string of the molecule is CCCCCn1c(O)c(C(=O)COc2ccc(Cl)c(C)c2)c(C)c(C#N)c1=O. The lowest BCUT2D eigenvalue weighted by atomic mass is 10.0. The van der Waals surface area contributed by atoms with Crippen molar-refractivity contribution in [2.24, 2.45) is 0 Å². The van der Waals surface area contributed by atoms with Crippen LogP contribution in [0.3, 0.4) is 0 Å². The zero-order chi connectivity index (χ0) is 20.8. The van der Waals surface area contributed by atoms with Crippen molar-refractivity contribution in [3.63, 3.8) is 0 Å². The van der Waals surface area contributed by atoms with E-state index in [4.69, 9.17) is 16.3 Å². The van der Waals surface area contributed by atoms with E-state index in [9.17, 15) is 20.0 Å². The third kappa shape index (κ3) is 4.55. The van der Waals surface area contributed by atoms with E-state index in [0.717, 1.165) is 23.0 Å². The summed E-state index contributed by atoms with van der Waals surface area (Å²) in [5, 5.41) is 20.5. The fourth-order valence-electron chi connectivity index (χ4n) is 2.94. The quantitative estimate of drug-likeness (QED) is 0.529. The predicted molar refractivity (Wildman–Crippen MR) is 107 cm³/mol. The molecule has 0 fully saturated rings. The van der Waals surface area contributed by atoms with E-state index in [1.54, 1.807) is 18.2 Å². The Kier molecular flexibility index (Phi) is 7.24. The van der Waals surface area contributed by atoms with Gasteiger partial charge in [-0.25, -0.2) is 0 Å². The highest BCUT2D eigenvalue weighted by molar-refractivity contribution is 6.31. The third-order valence-electron chi connectivity index (χ3n) is 4.56. The molecular weight excluding hydrogens is 380 g/mol.